The van der Waals surface area contributed by atoms with Crippen LogP contribution in [0.15, 0.2) is 23.1 Å². The summed E-state index contributed by atoms with van der Waals surface area (Å²) in [5.74, 6) is -0.671. The number of ether oxygens (including phenoxy) is 1. The molecule has 1 atom stereocenters. The van der Waals surface area contributed by atoms with E-state index in [1.807, 2.05) is 0 Å². The zero-order valence-electron chi connectivity index (χ0n) is 11.7. The minimum Gasteiger partial charge on any atom is -0.496 e. The molecule has 0 radical (unpaired) electrons. The van der Waals surface area contributed by atoms with Gasteiger partial charge in [-0.05, 0) is 25.1 Å². The van der Waals surface area contributed by atoms with Gasteiger partial charge in [-0.3, -0.25) is 4.79 Å². The number of rotatable bonds is 7. The molecule has 0 saturated heterocycles. The third-order valence-corrected chi connectivity index (χ3v) is 4.13. The molecule has 0 aliphatic heterocycles. The van der Waals surface area contributed by atoms with E-state index in [2.05, 4.69) is 4.72 Å². The first-order chi connectivity index (χ1) is 9.63. The van der Waals surface area contributed by atoms with Crippen LogP contribution in [0.25, 0.3) is 0 Å². The van der Waals surface area contributed by atoms with Gasteiger partial charge in [0.1, 0.15) is 5.75 Å². The molecule has 0 heterocycles. The number of methoxy groups -OCH3 is 1. The Labute approximate surface area is 122 Å². The highest BCUT2D eigenvalue weighted by molar-refractivity contribution is 7.89. The van der Waals surface area contributed by atoms with Gasteiger partial charge in [0.25, 0.3) is 5.91 Å². The fourth-order valence-corrected chi connectivity index (χ4v) is 2.62. The molecule has 0 bridgehead atoms. The van der Waals surface area contributed by atoms with Gasteiger partial charge in [-0.1, -0.05) is 0 Å². The van der Waals surface area contributed by atoms with Crippen LogP contribution in [0.1, 0.15) is 17.3 Å². The Morgan fingerprint density at radius 3 is 2.57 bits per heavy atom. The quantitative estimate of drug-likeness (QED) is 0.499. The summed E-state index contributed by atoms with van der Waals surface area (Å²) in [6.45, 7) is 0.285. The number of carbonyl (C=O) groups is 1. The first-order valence-corrected chi connectivity index (χ1v) is 7.42. The number of primary amides is 1. The van der Waals surface area contributed by atoms with Crippen molar-refractivity contribution in [3.8, 4) is 5.75 Å². The maximum atomic E-state index is 12.1. The van der Waals surface area contributed by atoms with Crippen molar-refractivity contribution in [2.75, 3.05) is 20.3 Å². The molecule has 1 rings (SSSR count). The average Bonchev–Trinajstić information content (AvgIpc) is 2.44. The fourth-order valence-electron chi connectivity index (χ4n) is 1.44. The molecule has 1 aromatic carbocycles. The lowest BCUT2D eigenvalue weighted by atomic mass is 10.1. The first kappa shape index (κ1) is 17.4. The van der Waals surface area contributed by atoms with Gasteiger partial charge in [0.2, 0.25) is 10.0 Å². The largest absolute Gasteiger partial charge is 0.496 e. The molecule has 1 amide bonds. The molecule has 0 aliphatic carbocycles. The molecule has 0 saturated carbocycles. The van der Waals surface area contributed by atoms with E-state index >= 15 is 0 Å². The highest BCUT2D eigenvalue weighted by Gasteiger charge is 2.24. The van der Waals surface area contributed by atoms with Gasteiger partial charge in [0, 0.05) is 6.54 Å². The van der Waals surface area contributed by atoms with Crippen LogP contribution in [0.3, 0.4) is 0 Å². The summed E-state index contributed by atoms with van der Waals surface area (Å²) in [4.78, 5) is 11.1. The molecule has 0 spiro atoms. The monoisotopic (exact) mass is 318 g/mol. The van der Waals surface area contributed by atoms with Crippen LogP contribution < -0.4 is 15.2 Å². The Kier molecular flexibility index (Phi) is 5.29. The molecule has 5 N–H and O–H groups in total. The standard InChI is InChI=1S/C12H18N2O6S/c1-12(17,7-15)6-14-21(18,19)8-3-4-10(20-2)9(5-8)11(13)16/h3-5,14-15,17H,6-7H2,1-2H3,(H2,13,16). The number of aliphatic hydroxyl groups excluding tert-OH is 1. The van der Waals surface area contributed by atoms with E-state index in [1.165, 1.54) is 26.2 Å². The summed E-state index contributed by atoms with van der Waals surface area (Å²) in [7, 11) is -2.64. The Morgan fingerprint density at radius 1 is 1.48 bits per heavy atom. The van der Waals surface area contributed by atoms with Crippen LogP contribution in [-0.4, -0.2) is 50.4 Å². The Hall–Kier alpha value is -1.68. The van der Waals surface area contributed by atoms with Crippen molar-refractivity contribution >= 4 is 15.9 Å². The average molecular weight is 318 g/mol. The minimum absolute atomic E-state index is 0.0747. The zero-order valence-corrected chi connectivity index (χ0v) is 12.5. The molecule has 1 aromatic rings. The van der Waals surface area contributed by atoms with Crippen molar-refractivity contribution in [3.63, 3.8) is 0 Å². The van der Waals surface area contributed by atoms with Gasteiger partial charge in [-0.25, -0.2) is 13.1 Å². The summed E-state index contributed by atoms with van der Waals surface area (Å²) in [6.07, 6.45) is 0. The molecular formula is C12H18N2O6S. The maximum absolute atomic E-state index is 12.1. The normalized spacial score (nSPS) is 14.5. The van der Waals surface area contributed by atoms with Gasteiger partial charge >= 0.3 is 0 Å². The molecule has 0 aliphatic rings. The minimum atomic E-state index is -3.97. The second kappa shape index (κ2) is 6.39. The van der Waals surface area contributed by atoms with Crippen LogP contribution in [0, 0.1) is 0 Å². The van der Waals surface area contributed by atoms with E-state index in [-0.39, 0.29) is 22.8 Å². The number of carbonyl (C=O) groups excluding carboxylic acids is 1. The highest BCUT2D eigenvalue weighted by atomic mass is 32.2. The van der Waals surface area contributed by atoms with Crippen molar-refractivity contribution in [1.82, 2.24) is 4.72 Å². The summed E-state index contributed by atoms with van der Waals surface area (Å²) in [5.41, 5.74) is 3.49. The Morgan fingerprint density at radius 2 is 2.10 bits per heavy atom. The number of nitrogens with one attached hydrogen (secondary N) is 1. The fraction of sp³-hybridized carbons (Fsp3) is 0.417. The zero-order chi connectivity index (χ0) is 16.3. The predicted octanol–water partition coefficient (Wildman–Crippen LogP) is -1.18. The van der Waals surface area contributed by atoms with Crippen molar-refractivity contribution in [1.29, 1.82) is 0 Å². The summed E-state index contributed by atoms with van der Waals surface area (Å²) in [5, 5.41) is 18.5. The van der Waals surface area contributed by atoms with Crippen LogP contribution in [0.5, 0.6) is 5.75 Å². The molecule has 0 fully saturated rings. The van der Waals surface area contributed by atoms with E-state index < -0.39 is 28.1 Å². The van der Waals surface area contributed by atoms with Crippen molar-refractivity contribution in [2.24, 2.45) is 5.73 Å². The van der Waals surface area contributed by atoms with Gasteiger partial charge in [-0.2, -0.15) is 0 Å². The molecule has 9 heteroatoms. The number of sulfonamides is 1. The Bertz CT molecular complexity index is 627. The van der Waals surface area contributed by atoms with Crippen molar-refractivity contribution in [2.45, 2.75) is 17.4 Å². The molecular weight excluding hydrogens is 300 g/mol. The number of hydrogen-bond acceptors (Lipinski definition) is 6. The highest BCUT2D eigenvalue weighted by Crippen LogP contribution is 2.22. The molecule has 1 unspecified atom stereocenters. The molecule has 118 valence electrons. The van der Waals surface area contributed by atoms with E-state index in [9.17, 15) is 18.3 Å². The number of amides is 1. The van der Waals surface area contributed by atoms with Crippen LogP contribution >= 0.6 is 0 Å². The second-order valence-corrected chi connectivity index (χ2v) is 6.47. The predicted molar refractivity (Wildman–Crippen MR) is 74.4 cm³/mol. The van der Waals surface area contributed by atoms with Gasteiger partial charge in [-0.15, -0.1) is 0 Å². The lowest BCUT2D eigenvalue weighted by molar-refractivity contribution is 0.00681. The van der Waals surface area contributed by atoms with Crippen molar-refractivity contribution < 1.29 is 28.2 Å². The number of aliphatic hydroxyl groups is 2. The lowest BCUT2D eigenvalue weighted by Gasteiger charge is -2.20. The lowest BCUT2D eigenvalue weighted by Crippen LogP contribution is -2.43. The Balaban J connectivity index is 3.09. The number of nitrogens with two attached hydrogens (primary N) is 1. The third-order valence-electron chi connectivity index (χ3n) is 2.73. The first-order valence-electron chi connectivity index (χ1n) is 5.94. The van der Waals surface area contributed by atoms with Gasteiger partial charge < -0.3 is 20.7 Å². The third kappa shape index (κ3) is 4.39. The van der Waals surface area contributed by atoms with E-state index in [1.54, 1.807) is 0 Å². The van der Waals surface area contributed by atoms with E-state index in [0.717, 1.165) is 6.07 Å². The second-order valence-electron chi connectivity index (χ2n) is 4.71. The SMILES string of the molecule is COc1ccc(S(=O)(=O)NCC(C)(O)CO)cc1C(N)=O. The van der Waals surface area contributed by atoms with Crippen LogP contribution in [0.2, 0.25) is 0 Å². The number of hydrogen-bond donors (Lipinski definition) is 4. The molecule has 0 aromatic heterocycles. The summed E-state index contributed by atoms with van der Waals surface area (Å²) < 4.78 is 31.2. The van der Waals surface area contributed by atoms with Gasteiger partial charge in [0.15, 0.2) is 0 Å². The van der Waals surface area contributed by atoms with Gasteiger partial charge in [0.05, 0.1) is 29.8 Å². The van der Waals surface area contributed by atoms with Crippen LogP contribution in [0.4, 0.5) is 0 Å². The maximum Gasteiger partial charge on any atom is 0.252 e. The molecule has 21 heavy (non-hydrogen) atoms. The van der Waals surface area contributed by atoms with E-state index in [4.69, 9.17) is 15.6 Å². The van der Waals surface area contributed by atoms with Crippen LogP contribution in [-0.2, 0) is 10.0 Å². The topological polar surface area (TPSA) is 139 Å². The summed E-state index contributed by atoms with van der Waals surface area (Å²) in [6, 6.07) is 3.62. The van der Waals surface area contributed by atoms with E-state index in [0.29, 0.717) is 0 Å². The molecule has 8 nitrogen and oxygen atoms in total. The number of benzene rings is 1. The summed E-state index contributed by atoms with van der Waals surface area (Å²) >= 11 is 0. The van der Waals surface area contributed by atoms with Crippen molar-refractivity contribution in [3.05, 3.63) is 23.8 Å². The smallest absolute Gasteiger partial charge is 0.252 e.